The number of halogens is 1. The predicted octanol–water partition coefficient (Wildman–Crippen LogP) is 5.02. The summed E-state index contributed by atoms with van der Waals surface area (Å²) in [4.78, 5) is 15.6. The monoisotopic (exact) mass is 387 g/mol. The number of nitrogens with zero attached hydrogens (tertiary/aromatic N) is 1. The second-order valence-electron chi connectivity index (χ2n) is 5.50. The maximum Gasteiger partial charge on any atom is 0.265 e. The Morgan fingerprint density at radius 1 is 1.08 bits per heavy atom. The minimum atomic E-state index is -0.142. The average molecular weight is 388 g/mol. The van der Waals surface area contributed by atoms with Gasteiger partial charge in [0.2, 0.25) is 0 Å². The van der Waals surface area contributed by atoms with E-state index in [1.165, 1.54) is 0 Å². The number of amides is 1. The first-order chi connectivity index (χ1) is 12.7. The molecule has 6 heteroatoms. The molecule has 134 valence electrons. The first kappa shape index (κ1) is 18.3. The van der Waals surface area contributed by atoms with E-state index in [1.807, 2.05) is 29.6 Å². The van der Waals surface area contributed by atoms with Gasteiger partial charge in [0.15, 0.2) is 6.61 Å². The van der Waals surface area contributed by atoms with E-state index >= 15 is 0 Å². The third-order valence-electron chi connectivity index (χ3n) is 3.74. The summed E-state index contributed by atoms with van der Waals surface area (Å²) in [6.45, 7) is 0.410. The molecule has 0 unspecified atom stereocenters. The molecular weight excluding hydrogens is 370 g/mol. The van der Waals surface area contributed by atoms with Gasteiger partial charge in [-0.15, -0.1) is 11.3 Å². The molecule has 0 aliphatic heterocycles. The summed E-state index contributed by atoms with van der Waals surface area (Å²) in [6.07, 6.45) is 0. The fraction of sp³-hybridized carbons (Fsp3) is 0.150. The van der Waals surface area contributed by atoms with Gasteiger partial charge in [-0.2, -0.15) is 0 Å². The van der Waals surface area contributed by atoms with Crippen LogP contribution in [0.5, 0.6) is 11.5 Å². The molecule has 0 radical (unpaired) electrons. The minimum absolute atomic E-state index is 0.0653. The van der Waals surface area contributed by atoms with E-state index < -0.39 is 0 Å². The molecule has 0 saturated carbocycles. The summed E-state index contributed by atoms with van der Waals surface area (Å²) in [6, 6.07) is 18.4. The SMILES string of the molecule is COc1ccc(OCC(=O)N(Cc2cccs2)c2cccc(Cl)c2)cc1. The van der Waals surface area contributed by atoms with Crippen molar-refractivity contribution in [1.29, 1.82) is 0 Å². The Morgan fingerprint density at radius 3 is 2.50 bits per heavy atom. The normalized spacial score (nSPS) is 10.4. The van der Waals surface area contributed by atoms with Crippen molar-refractivity contribution in [2.45, 2.75) is 6.54 Å². The van der Waals surface area contributed by atoms with Crippen LogP contribution in [0.2, 0.25) is 5.02 Å². The zero-order valence-electron chi connectivity index (χ0n) is 14.2. The van der Waals surface area contributed by atoms with Crippen molar-refractivity contribution in [3.05, 3.63) is 75.9 Å². The molecule has 0 aliphatic rings. The van der Waals surface area contributed by atoms with Crippen LogP contribution < -0.4 is 14.4 Å². The van der Waals surface area contributed by atoms with Gasteiger partial charge in [-0.3, -0.25) is 4.79 Å². The van der Waals surface area contributed by atoms with Crippen LogP contribution in [0.1, 0.15) is 4.88 Å². The predicted molar refractivity (Wildman–Crippen MR) is 105 cm³/mol. The standard InChI is InChI=1S/C20H18ClNO3S/c1-24-17-7-9-18(10-8-17)25-14-20(23)22(13-19-6-3-11-26-19)16-5-2-4-15(21)12-16/h2-12H,13-14H2,1H3. The lowest BCUT2D eigenvalue weighted by atomic mass is 10.2. The molecule has 2 aromatic carbocycles. The Morgan fingerprint density at radius 2 is 1.85 bits per heavy atom. The first-order valence-corrected chi connectivity index (χ1v) is 9.26. The van der Waals surface area contributed by atoms with Crippen molar-refractivity contribution >= 4 is 34.5 Å². The number of hydrogen-bond donors (Lipinski definition) is 0. The summed E-state index contributed by atoms with van der Waals surface area (Å²) >= 11 is 7.70. The number of carbonyl (C=O) groups is 1. The lowest BCUT2D eigenvalue weighted by molar-refractivity contribution is -0.120. The van der Waals surface area contributed by atoms with E-state index in [0.717, 1.165) is 16.3 Å². The van der Waals surface area contributed by atoms with Crippen LogP contribution in [0, 0.1) is 0 Å². The quantitative estimate of drug-likeness (QED) is 0.571. The maximum absolute atomic E-state index is 12.8. The van der Waals surface area contributed by atoms with Crippen molar-refractivity contribution in [2.75, 3.05) is 18.6 Å². The van der Waals surface area contributed by atoms with Crippen molar-refractivity contribution < 1.29 is 14.3 Å². The zero-order valence-corrected chi connectivity index (χ0v) is 15.8. The number of ether oxygens (including phenoxy) is 2. The number of anilines is 1. The van der Waals surface area contributed by atoms with Crippen LogP contribution in [-0.2, 0) is 11.3 Å². The highest BCUT2D eigenvalue weighted by molar-refractivity contribution is 7.09. The van der Waals surface area contributed by atoms with E-state index in [-0.39, 0.29) is 12.5 Å². The van der Waals surface area contributed by atoms with Crippen molar-refractivity contribution in [2.24, 2.45) is 0 Å². The molecule has 0 atom stereocenters. The highest BCUT2D eigenvalue weighted by Crippen LogP contribution is 2.24. The largest absolute Gasteiger partial charge is 0.497 e. The Bertz CT molecular complexity index is 850. The van der Waals surface area contributed by atoms with E-state index in [2.05, 4.69) is 0 Å². The summed E-state index contributed by atoms with van der Waals surface area (Å²) in [7, 11) is 1.60. The third-order valence-corrected chi connectivity index (χ3v) is 4.83. The van der Waals surface area contributed by atoms with Gasteiger partial charge in [-0.1, -0.05) is 23.7 Å². The van der Waals surface area contributed by atoms with Crippen molar-refractivity contribution in [1.82, 2.24) is 0 Å². The molecule has 3 rings (SSSR count). The van der Waals surface area contributed by atoms with E-state index in [0.29, 0.717) is 17.3 Å². The van der Waals surface area contributed by atoms with E-state index in [4.69, 9.17) is 21.1 Å². The van der Waals surface area contributed by atoms with Crippen molar-refractivity contribution in [3.63, 3.8) is 0 Å². The topological polar surface area (TPSA) is 38.8 Å². The molecule has 26 heavy (non-hydrogen) atoms. The fourth-order valence-electron chi connectivity index (χ4n) is 2.42. The van der Waals surface area contributed by atoms with Crippen LogP contribution in [0.15, 0.2) is 66.0 Å². The Hall–Kier alpha value is -2.50. The average Bonchev–Trinajstić information content (AvgIpc) is 3.18. The van der Waals surface area contributed by atoms with Crippen LogP contribution in [0.25, 0.3) is 0 Å². The molecule has 4 nitrogen and oxygen atoms in total. The van der Waals surface area contributed by atoms with E-state index in [1.54, 1.807) is 59.7 Å². The van der Waals surface area contributed by atoms with Gasteiger partial charge in [0.25, 0.3) is 5.91 Å². The Balaban J connectivity index is 1.73. The highest BCUT2D eigenvalue weighted by atomic mass is 35.5. The molecule has 1 amide bonds. The second-order valence-corrected chi connectivity index (χ2v) is 6.97. The van der Waals surface area contributed by atoms with Crippen LogP contribution in [0.4, 0.5) is 5.69 Å². The van der Waals surface area contributed by atoms with Gasteiger partial charge in [0, 0.05) is 15.6 Å². The molecule has 0 spiro atoms. The van der Waals surface area contributed by atoms with Gasteiger partial charge in [0.05, 0.1) is 13.7 Å². The number of thiophene rings is 1. The fourth-order valence-corrected chi connectivity index (χ4v) is 3.30. The smallest absolute Gasteiger partial charge is 0.265 e. The summed E-state index contributed by atoms with van der Waals surface area (Å²) in [5.74, 6) is 1.21. The maximum atomic E-state index is 12.8. The molecule has 0 fully saturated rings. The van der Waals surface area contributed by atoms with Gasteiger partial charge in [0.1, 0.15) is 11.5 Å². The van der Waals surface area contributed by atoms with Crippen molar-refractivity contribution in [3.8, 4) is 11.5 Å². The molecule has 0 saturated heterocycles. The van der Waals surface area contributed by atoms with Gasteiger partial charge >= 0.3 is 0 Å². The molecular formula is C20H18ClNO3S. The third kappa shape index (κ3) is 4.77. The second kappa shape index (κ2) is 8.74. The van der Waals surface area contributed by atoms with Gasteiger partial charge < -0.3 is 14.4 Å². The number of hydrogen-bond acceptors (Lipinski definition) is 4. The molecule has 3 aromatic rings. The number of carbonyl (C=O) groups excluding carboxylic acids is 1. The Labute approximate surface area is 161 Å². The summed E-state index contributed by atoms with van der Waals surface area (Å²) < 4.78 is 10.8. The first-order valence-electron chi connectivity index (χ1n) is 8.01. The molecule has 0 aliphatic carbocycles. The summed E-state index contributed by atoms with van der Waals surface area (Å²) in [5, 5.41) is 2.58. The zero-order chi connectivity index (χ0) is 18.4. The minimum Gasteiger partial charge on any atom is -0.497 e. The lowest BCUT2D eigenvalue weighted by Crippen LogP contribution is -2.34. The number of benzene rings is 2. The molecule has 0 bridgehead atoms. The van der Waals surface area contributed by atoms with Gasteiger partial charge in [-0.25, -0.2) is 0 Å². The van der Waals surface area contributed by atoms with E-state index in [9.17, 15) is 4.79 Å². The number of rotatable bonds is 7. The lowest BCUT2D eigenvalue weighted by Gasteiger charge is -2.22. The highest BCUT2D eigenvalue weighted by Gasteiger charge is 2.18. The molecule has 1 aromatic heterocycles. The van der Waals surface area contributed by atoms with Crippen LogP contribution >= 0.6 is 22.9 Å². The Kier molecular flexibility index (Phi) is 6.15. The molecule has 0 N–H and O–H groups in total. The number of methoxy groups -OCH3 is 1. The molecule has 1 heterocycles. The van der Waals surface area contributed by atoms with Crippen LogP contribution in [0.3, 0.4) is 0 Å². The summed E-state index contributed by atoms with van der Waals surface area (Å²) in [5.41, 5.74) is 0.745. The van der Waals surface area contributed by atoms with Crippen LogP contribution in [-0.4, -0.2) is 19.6 Å². The van der Waals surface area contributed by atoms with Gasteiger partial charge in [-0.05, 0) is 53.9 Å².